The van der Waals surface area contributed by atoms with Gasteiger partial charge in [0.2, 0.25) is 0 Å². The van der Waals surface area contributed by atoms with Crippen LogP contribution in [-0.2, 0) is 4.79 Å². The van der Waals surface area contributed by atoms with Crippen molar-refractivity contribution < 1.29 is 4.79 Å². The van der Waals surface area contributed by atoms with Crippen molar-refractivity contribution >= 4 is 5.78 Å². The van der Waals surface area contributed by atoms with Crippen molar-refractivity contribution in [3.8, 4) is 0 Å². The lowest BCUT2D eigenvalue weighted by molar-refractivity contribution is -0.119. The number of Topliss-reactive ketones (excluding diaryl/α,β-unsaturated/α-hetero) is 1. The minimum absolute atomic E-state index is 0.393. The Morgan fingerprint density at radius 2 is 2.09 bits per heavy atom. The van der Waals surface area contributed by atoms with E-state index in [1.54, 1.807) is 0 Å². The maximum Gasteiger partial charge on any atom is 0.137 e. The molecule has 1 rings (SSSR count). The van der Waals surface area contributed by atoms with Crippen LogP contribution in [0.5, 0.6) is 0 Å². The van der Waals surface area contributed by atoms with Gasteiger partial charge in [-0.25, -0.2) is 0 Å². The van der Waals surface area contributed by atoms with Crippen LogP contribution in [0.15, 0.2) is 11.8 Å². The topological polar surface area (TPSA) is 20.3 Å². The Hall–Kier alpha value is -0.790. The highest BCUT2D eigenvalue weighted by Gasteiger charge is 2.12. The summed E-state index contributed by atoms with van der Waals surface area (Å²) in [6.07, 6.45) is 5.67. The first-order chi connectivity index (χ1) is 5.18. The van der Waals surface area contributed by atoms with Crippen molar-refractivity contribution in [2.75, 3.05) is 14.1 Å². The van der Waals surface area contributed by atoms with Crippen molar-refractivity contribution in [3.63, 3.8) is 0 Å². The van der Waals surface area contributed by atoms with Gasteiger partial charge in [-0.15, -0.1) is 0 Å². The van der Waals surface area contributed by atoms with E-state index in [0.29, 0.717) is 12.2 Å². The molecule has 0 spiro atoms. The standard InChI is InChI=1S/C9H15NO/c1-10(2)7-8-4-3-5-9(11)6-8/h7H,3-6H2,1-2H3/b8-7-. The molecule has 1 fully saturated rings. The number of ketones is 1. The average Bonchev–Trinajstić information content (AvgIpc) is 1.85. The van der Waals surface area contributed by atoms with Gasteiger partial charge >= 0.3 is 0 Å². The maximum atomic E-state index is 11.0. The Labute approximate surface area is 67.9 Å². The molecule has 0 aromatic carbocycles. The predicted octanol–water partition coefficient (Wildman–Crippen LogP) is 1.57. The average molecular weight is 153 g/mol. The van der Waals surface area contributed by atoms with E-state index in [0.717, 1.165) is 19.3 Å². The Kier molecular flexibility index (Phi) is 2.69. The molecule has 0 amide bonds. The number of hydrogen-bond acceptors (Lipinski definition) is 2. The van der Waals surface area contributed by atoms with Crippen molar-refractivity contribution in [3.05, 3.63) is 11.8 Å². The molecule has 0 N–H and O–H groups in total. The third-order valence-electron chi connectivity index (χ3n) is 1.82. The molecule has 1 aliphatic rings. The summed E-state index contributed by atoms with van der Waals surface area (Å²) in [5, 5.41) is 0. The minimum Gasteiger partial charge on any atom is -0.384 e. The summed E-state index contributed by atoms with van der Waals surface area (Å²) in [4.78, 5) is 13.0. The predicted molar refractivity (Wildman–Crippen MR) is 45.2 cm³/mol. The number of allylic oxidation sites excluding steroid dienone is 1. The number of carbonyl (C=O) groups is 1. The van der Waals surface area contributed by atoms with Crippen molar-refractivity contribution in [2.24, 2.45) is 0 Å². The van der Waals surface area contributed by atoms with Crippen LogP contribution in [-0.4, -0.2) is 24.8 Å². The third kappa shape index (κ3) is 2.74. The second kappa shape index (κ2) is 3.56. The van der Waals surface area contributed by atoms with E-state index in [9.17, 15) is 4.79 Å². The van der Waals surface area contributed by atoms with E-state index in [4.69, 9.17) is 0 Å². The van der Waals surface area contributed by atoms with Gasteiger partial charge in [-0.3, -0.25) is 4.79 Å². The molecular formula is C9H15NO. The lowest BCUT2D eigenvalue weighted by Crippen LogP contribution is -2.10. The quantitative estimate of drug-likeness (QED) is 0.570. The molecule has 62 valence electrons. The van der Waals surface area contributed by atoms with Crippen LogP contribution in [0.3, 0.4) is 0 Å². The number of hydrogen-bond donors (Lipinski definition) is 0. The molecule has 1 aliphatic carbocycles. The summed E-state index contributed by atoms with van der Waals surface area (Å²) in [6, 6.07) is 0. The molecule has 0 aromatic rings. The summed E-state index contributed by atoms with van der Waals surface area (Å²) in [5.41, 5.74) is 1.28. The van der Waals surface area contributed by atoms with E-state index in [2.05, 4.69) is 6.20 Å². The smallest absolute Gasteiger partial charge is 0.137 e. The zero-order valence-electron chi connectivity index (χ0n) is 7.26. The van der Waals surface area contributed by atoms with Crippen LogP contribution in [0, 0.1) is 0 Å². The molecule has 0 unspecified atom stereocenters. The second-order valence-electron chi connectivity index (χ2n) is 3.32. The highest BCUT2D eigenvalue weighted by Crippen LogP contribution is 2.19. The van der Waals surface area contributed by atoms with Gasteiger partial charge in [0.25, 0.3) is 0 Å². The molecule has 2 nitrogen and oxygen atoms in total. The zero-order chi connectivity index (χ0) is 8.27. The van der Waals surface area contributed by atoms with E-state index >= 15 is 0 Å². The lowest BCUT2D eigenvalue weighted by atomic mass is 9.94. The van der Waals surface area contributed by atoms with Crippen LogP contribution >= 0.6 is 0 Å². The molecule has 2 heteroatoms. The Morgan fingerprint density at radius 1 is 1.36 bits per heavy atom. The normalized spacial score (nSPS) is 22.4. The van der Waals surface area contributed by atoms with E-state index in [1.807, 2.05) is 19.0 Å². The molecule has 0 radical (unpaired) electrons. The first-order valence-electron chi connectivity index (χ1n) is 4.06. The summed E-state index contributed by atoms with van der Waals surface area (Å²) in [5.74, 6) is 0.393. The van der Waals surface area contributed by atoms with Crippen molar-refractivity contribution in [1.29, 1.82) is 0 Å². The second-order valence-corrected chi connectivity index (χ2v) is 3.32. The highest BCUT2D eigenvalue weighted by atomic mass is 16.1. The van der Waals surface area contributed by atoms with Crippen LogP contribution in [0.2, 0.25) is 0 Å². The van der Waals surface area contributed by atoms with Gasteiger partial charge in [-0.1, -0.05) is 0 Å². The summed E-state index contributed by atoms with van der Waals surface area (Å²) >= 11 is 0. The van der Waals surface area contributed by atoms with E-state index in [-0.39, 0.29) is 0 Å². The van der Waals surface area contributed by atoms with Crippen LogP contribution in [0.1, 0.15) is 25.7 Å². The fraction of sp³-hybridized carbons (Fsp3) is 0.667. The Bertz CT molecular complexity index is 182. The van der Waals surface area contributed by atoms with Gasteiger partial charge in [0.1, 0.15) is 5.78 Å². The fourth-order valence-corrected chi connectivity index (χ4v) is 1.42. The number of nitrogens with zero attached hydrogens (tertiary/aromatic N) is 1. The van der Waals surface area contributed by atoms with Crippen LogP contribution in [0.25, 0.3) is 0 Å². The van der Waals surface area contributed by atoms with Gasteiger partial charge in [0, 0.05) is 26.9 Å². The summed E-state index contributed by atoms with van der Waals surface area (Å²) < 4.78 is 0. The third-order valence-corrected chi connectivity index (χ3v) is 1.82. The Balaban J connectivity index is 2.52. The highest BCUT2D eigenvalue weighted by molar-refractivity contribution is 5.81. The molecule has 0 atom stereocenters. The zero-order valence-corrected chi connectivity index (χ0v) is 7.26. The van der Waals surface area contributed by atoms with Gasteiger partial charge in [0.15, 0.2) is 0 Å². The van der Waals surface area contributed by atoms with Gasteiger partial charge < -0.3 is 4.90 Å². The maximum absolute atomic E-state index is 11.0. The summed E-state index contributed by atoms with van der Waals surface area (Å²) in [7, 11) is 3.98. The van der Waals surface area contributed by atoms with Crippen molar-refractivity contribution in [2.45, 2.75) is 25.7 Å². The van der Waals surface area contributed by atoms with Crippen molar-refractivity contribution in [1.82, 2.24) is 4.90 Å². The summed E-state index contributed by atoms with van der Waals surface area (Å²) in [6.45, 7) is 0. The van der Waals surface area contributed by atoms with Gasteiger partial charge in [-0.2, -0.15) is 0 Å². The Morgan fingerprint density at radius 3 is 2.64 bits per heavy atom. The van der Waals surface area contributed by atoms with Crippen LogP contribution < -0.4 is 0 Å². The molecule has 0 bridgehead atoms. The molecule has 0 heterocycles. The van der Waals surface area contributed by atoms with Gasteiger partial charge in [0.05, 0.1) is 0 Å². The molecule has 0 aromatic heterocycles. The van der Waals surface area contributed by atoms with E-state index in [1.165, 1.54) is 5.57 Å². The largest absolute Gasteiger partial charge is 0.384 e. The first kappa shape index (κ1) is 8.31. The molecule has 1 saturated carbocycles. The van der Waals surface area contributed by atoms with E-state index < -0.39 is 0 Å². The fourth-order valence-electron chi connectivity index (χ4n) is 1.42. The van der Waals surface area contributed by atoms with Crippen LogP contribution in [0.4, 0.5) is 0 Å². The molecule has 11 heavy (non-hydrogen) atoms. The molecule has 0 saturated heterocycles. The monoisotopic (exact) mass is 153 g/mol. The number of carbonyl (C=O) groups excluding carboxylic acids is 1. The molecular weight excluding hydrogens is 138 g/mol. The molecule has 0 aliphatic heterocycles. The van der Waals surface area contributed by atoms with Gasteiger partial charge in [-0.05, 0) is 24.6 Å². The minimum atomic E-state index is 0.393. The number of rotatable bonds is 1. The first-order valence-corrected chi connectivity index (χ1v) is 4.06. The SMILES string of the molecule is CN(C)/C=C1/CCCC(=O)C1. The lowest BCUT2D eigenvalue weighted by Gasteiger charge is -2.15.